The van der Waals surface area contributed by atoms with Crippen LogP contribution in [-0.4, -0.2) is 35.9 Å². The third kappa shape index (κ3) is 1.89. The summed E-state index contributed by atoms with van der Waals surface area (Å²) in [6, 6.07) is 0. The second-order valence-corrected chi connectivity index (χ2v) is 4.11. The van der Waals surface area contributed by atoms with Gasteiger partial charge in [-0.3, -0.25) is 4.90 Å². The first-order valence-electron chi connectivity index (χ1n) is 3.94. The Hall–Kier alpha value is -0.180. The van der Waals surface area contributed by atoms with Crippen molar-refractivity contribution in [3.8, 4) is 0 Å². The SMILES string of the molecule is CC(C)(C)N1C[C@@H](F)[C@H](F)C1. The van der Waals surface area contributed by atoms with E-state index in [0.717, 1.165) is 0 Å². The second-order valence-electron chi connectivity index (χ2n) is 4.11. The van der Waals surface area contributed by atoms with E-state index in [-0.39, 0.29) is 18.6 Å². The number of rotatable bonds is 0. The first-order valence-corrected chi connectivity index (χ1v) is 3.94. The molecule has 3 heteroatoms. The average molecular weight is 163 g/mol. The van der Waals surface area contributed by atoms with Crippen molar-refractivity contribution in [2.45, 2.75) is 38.7 Å². The van der Waals surface area contributed by atoms with E-state index < -0.39 is 12.3 Å². The molecule has 1 saturated heterocycles. The van der Waals surface area contributed by atoms with Gasteiger partial charge in [0.15, 0.2) is 0 Å². The standard InChI is InChI=1S/C8H15F2N/c1-8(2,3)11-4-6(9)7(10)5-11/h6-7H,4-5H2,1-3H3/t6-,7-/m1/s1. The maximum Gasteiger partial charge on any atom is 0.145 e. The number of nitrogens with zero attached hydrogens (tertiary/aromatic N) is 1. The van der Waals surface area contributed by atoms with E-state index in [1.165, 1.54) is 0 Å². The van der Waals surface area contributed by atoms with Crippen LogP contribution in [0.3, 0.4) is 0 Å². The molecule has 1 rings (SSSR count). The largest absolute Gasteiger partial charge is 0.292 e. The van der Waals surface area contributed by atoms with Crippen LogP contribution in [-0.2, 0) is 0 Å². The normalized spacial score (nSPS) is 34.6. The number of hydrogen-bond donors (Lipinski definition) is 0. The maximum atomic E-state index is 12.7. The van der Waals surface area contributed by atoms with Crippen molar-refractivity contribution in [3.63, 3.8) is 0 Å². The molecule has 1 aliphatic rings. The fraction of sp³-hybridized carbons (Fsp3) is 1.00. The van der Waals surface area contributed by atoms with Gasteiger partial charge in [0.25, 0.3) is 0 Å². The van der Waals surface area contributed by atoms with Crippen molar-refractivity contribution in [2.75, 3.05) is 13.1 Å². The van der Waals surface area contributed by atoms with Gasteiger partial charge in [-0.25, -0.2) is 8.78 Å². The van der Waals surface area contributed by atoms with Gasteiger partial charge in [0, 0.05) is 18.6 Å². The van der Waals surface area contributed by atoms with E-state index in [1.807, 2.05) is 25.7 Å². The summed E-state index contributed by atoms with van der Waals surface area (Å²) in [6.45, 7) is 6.39. The summed E-state index contributed by atoms with van der Waals surface area (Å²) in [4.78, 5) is 1.84. The maximum absolute atomic E-state index is 12.7. The molecule has 0 aromatic rings. The van der Waals surface area contributed by atoms with E-state index >= 15 is 0 Å². The molecule has 0 aromatic carbocycles. The van der Waals surface area contributed by atoms with Crippen LogP contribution in [0.25, 0.3) is 0 Å². The monoisotopic (exact) mass is 163 g/mol. The van der Waals surface area contributed by atoms with Gasteiger partial charge in [0.05, 0.1) is 0 Å². The van der Waals surface area contributed by atoms with Gasteiger partial charge in [-0.2, -0.15) is 0 Å². The van der Waals surface area contributed by atoms with E-state index in [9.17, 15) is 8.78 Å². The van der Waals surface area contributed by atoms with Crippen molar-refractivity contribution < 1.29 is 8.78 Å². The van der Waals surface area contributed by atoms with Gasteiger partial charge in [-0.05, 0) is 20.8 Å². The second kappa shape index (κ2) is 2.70. The minimum absolute atomic E-state index is 0.106. The number of halogens is 2. The summed E-state index contributed by atoms with van der Waals surface area (Å²) >= 11 is 0. The highest BCUT2D eigenvalue weighted by Crippen LogP contribution is 2.24. The van der Waals surface area contributed by atoms with E-state index in [2.05, 4.69) is 0 Å². The van der Waals surface area contributed by atoms with E-state index in [0.29, 0.717) is 0 Å². The third-order valence-electron chi connectivity index (χ3n) is 2.13. The zero-order valence-electron chi connectivity index (χ0n) is 7.27. The van der Waals surface area contributed by atoms with Crippen molar-refractivity contribution in [3.05, 3.63) is 0 Å². The zero-order chi connectivity index (χ0) is 8.65. The summed E-state index contributed by atoms with van der Waals surface area (Å²) in [5.41, 5.74) is -0.106. The smallest absolute Gasteiger partial charge is 0.145 e. The molecular weight excluding hydrogens is 148 g/mol. The van der Waals surface area contributed by atoms with Crippen LogP contribution in [0.5, 0.6) is 0 Å². The van der Waals surface area contributed by atoms with E-state index in [1.54, 1.807) is 0 Å². The molecule has 66 valence electrons. The van der Waals surface area contributed by atoms with Gasteiger partial charge in [0.1, 0.15) is 12.3 Å². The molecule has 0 aromatic heterocycles. The summed E-state index contributed by atoms with van der Waals surface area (Å²) in [6.07, 6.45) is -2.57. The lowest BCUT2D eigenvalue weighted by atomic mass is 10.1. The summed E-state index contributed by atoms with van der Waals surface area (Å²) in [5, 5.41) is 0. The van der Waals surface area contributed by atoms with Crippen LogP contribution in [0, 0.1) is 0 Å². The van der Waals surface area contributed by atoms with Gasteiger partial charge in [-0.15, -0.1) is 0 Å². The molecule has 0 radical (unpaired) electrons. The van der Waals surface area contributed by atoms with Gasteiger partial charge >= 0.3 is 0 Å². The summed E-state index contributed by atoms with van der Waals surface area (Å²) in [7, 11) is 0. The van der Waals surface area contributed by atoms with Crippen molar-refractivity contribution in [1.82, 2.24) is 4.90 Å². The van der Waals surface area contributed by atoms with Crippen LogP contribution in [0.2, 0.25) is 0 Å². The molecule has 2 atom stereocenters. The van der Waals surface area contributed by atoms with Crippen LogP contribution >= 0.6 is 0 Å². The van der Waals surface area contributed by atoms with Crippen LogP contribution in [0.1, 0.15) is 20.8 Å². The number of alkyl halides is 2. The molecule has 0 bridgehead atoms. The Labute approximate surface area is 66.4 Å². The minimum atomic E-state index is -1.28. The Bertz CT molecular complexity index is 132. The molecule has 1 aliphatic heterocycles. The predicted octanol–water partition coefficient (Wildman–Crippen LogP) is 1.78. The third-order valence-corrected chi connectivity index (χ3v) is 2.13. The lowest BCUT2D eigenvalue weighted by molar-refractivity contribution is 0.158. The zero-order valence-corrected chi connectivity index (χ0v) is 7.27. The molecule has 0 amide bonds. The first kappa shape index (κ1) is 8.91. The molecule has 1 fully saturated rings. The Kier molecular flexibility index (Phi) is 2.19. The van der Waals surface area contributed by atoms with Crippen LogP contribution < -0.4 is 0 Å². The summed E-state index contributed by atoms with van der Waals surface area (Å²) < 4.78 is 25.4. The van der Waals surface area contributed by atoms with Crippen molar-refractivity contribution in [2.24, 2.45) is 0 Å². The fourth-order valence-corrected chi connectivity index (χ4v) is 1.27. The Morgan fingerprint density at radius 1 is 1.09 bits per heavy atom. The van der Waals surface area contributed by atoms with Crippen molar-refractivity contribution >= 4 is 0 Å². The molecule has 11 heavy (non-hydrogen) atoms. The molecule has 1 nitrogen and oxygen atoms in total. The molecule has 1 heterocycles. The predicted molar refractivity (Wildman–Crippen MR) is 41.1 cm³/mol. The van der Waals surface area contributed by atoms with Crippen molar-refractivity contribution in [1.29, 1.82) is 0 Å². The van der Waals surface area contributed by atoms with Gasteiger partial charge in [-0.1, -0.05) is 0 Å². The molecular formula is C8H15F2N. The molecule has 0 saturated carbocycles. The Morgan fingerprint density at radius 2 is 1.45 bits per heavy atom. The van der Waals surface area contributed by atoms with Crippen LogP contribution in [0.4, 0.5) is 8.78 Å². The topological polar surface area (TPSA) is 3.24 Å². The minimum Gasteiger partial charge on any atom is -0.292 e. The highest BCUT2D eigenvalue weighted by Gasteiger charge is 2.37. The molecule has 0 aliphatic carbocycles. The fourth-order valence-electron chi connectivity index (χ4n) is 1.27. The van der Waals surface area contributed by atoms with E-state index in [4.69, 9.17) is 0 Å². The Balaban J connectivity index is 2.54. The highest BCUT2D eigenvalue weighted by molar-refractivity contribution is 4.90. The summed E-state index contributed by atoms with van der Waals surface area (Å²) in [5.74, 6) is 0. The molecule has 0 N–H and O–H groups in total. The Morgan fingerprint density at radius 3 is 1.64 bits per heavy atom. The lowest BCUT2D eigenvalue weighted by Gasteiger charge is -2.30. The van der Waals surface area contributed by atoms with Gasteiger partial charge < -0.3 is 0 Å². The van der Waals surface area contributed by atoms with Crippen LogP contribution in [0.15, 0.2) is 0 Å². The van der Waals surface area contributed by atoms with Gasteiger partial charge in [0.2, 0.25) is 0 Å². The quantitative estimate of drug-likeness (QED) is 0.526. The molecule has 0 spiro atoms. The molecule has 0 unspecified atom stereocenters. The highest BCUT2D eigenvalue weighted by atomic mass is 19.2. The number of likely N-dealkylation sites (tertiary alicyclic amines) is 1. The number of hydrogen-bond acceptors (Lipinski definition) is 1. The first-order chi connectivity index (χ1) is 4.91. The average Bonchev–Trinajstić information content (AvgIpc) is 2.11. The lowest BCUT2D eigenvalue weighted by Crippen LogP contribution is -2.39.